The van der Waals surface area contributed by atoms with Crippen molar-refractivity contribution in [2.24, 2.45) is 0 Å². The van der Waals surface area contributed by atoms with E-state index in [1.54, 1.807) is 56.1 Å². The van der Waals surface area contributed by atoms with Gasteiger partial charge >= 0.3 is 5.97 Å². The van der Waals surface area contributed by atoms with Crippen molar-refractivity contribution in [3.63, 3.8) is 0 Å². The molecule has 0 saturated heterocycles. The first-order valence-electron chi connectivity index (χ1n) is 13.5. The smallest absolute Gasteiger partial charge is 0.343 e. The first-order valence-corrected chi connectivity index (χ1v) is 13.5. The third kappa shape index (κ3) is 5.69. The van der Waals surface area contributed by atoms with E-state index in [9.17, 15) is 19.7 Å². The minimum Gasteiger partial charge on any atom is -0.496 e. The average Bonchev–Trinajstić information content (AvgIpc) is 3.02. The van der Waals surface area contributed by atoms with Gasteiger partial charge in [0.25, 0.3) is 11.6 Å². The zero-order valence-corrected chi connectivity index (χ0v) is 24.7. The van der Waals surface area contributed by atoms with E-state index in [0.29, 0.717) is 45.1 Å². The van der Waals surface area contributed by atoms with Gasteiger partial charge in [0.15, 0.2) is 11.5 Å². The molecule has 0 saturated carbocycles. The molecule has 0 unspecified atom stereocenters. The number of aromatic nitrogens is 1. The Morgan fingerprint density at radius 2 is 1.66 bits per heavy atom. The number of fused-ring (bicyclic) bond motifs is 1. The van der Waals surface area contributed by atoms with Crippen molar-refractivity contribution in [2.75, 3.05) is 31.5 Å². The number of benzene rings is 3. The van der Waals surface area contributed by atoms with Crippen LogP contribution in [0.4, 0.5) is 17.1 Å². The Morgan fingerprint density at radius 3 is 2.34 bits per heavy atom. The molecule has 4 aromatic rings. The fraction of sp³-hybridized carbons (Fsp3) is 0.219. The number of hydrogen-bond donors (Lipinski definition) is 1. The van der Waals surface area contributed by atoms with Gasteiger partial charge < -0.3 is 29.2 Å². The van der Waals surface area contributed by atoms with Gasteiger partial charge in [0.2, 0.25) is 0 Å². The normalized spacial score (nSPS) is 13.4. The van der Waals surface area contributed by atoms with E-state index in [-0.39, 0.29) is 29.7 Å². The molecule has 0 fully saturated rings. The minimum atomic E-state index is -0.858. The molecule has 2 heterocycles. The molecule has 0 radical (unpaired) electrons. The summed E-state index contributed by atoms with van der Waals surface area (Å²) in [5.41, 5.74) is 2.51. The zero-order chi connectivity index (χ0) is 31.6. The number of ether oxygens (including phenoxy) is 4. The number of non-ortho nitro benzene ring substituents is 1. The van der Waals surface area contributed by atoms with Crippen LogP contribution in [0.1, 0.15) is 29.8 Å². The number of carbonyl (C=O) groups is 2. The fourth-order valence-electron chi connectivity index (χ4n) is 5.08. The quantitative estimate of drug-likeness (QED) is 0.111. The number of methoxy groups -OCH3 is 2. The van der Waals surface area contributed by atoms with Crippen LogP contribution < -0.4 is 29.2 Å². The Kier molecular flexibility index (Phi) is 8.08. The van der Waals surface area contributed by atoms with Crippen molar-refractivity contribution >= 4 is 28.9 Å². The van der Waals surface area contributed by atoms with Gasteiger partial charge in [-0.25, -0.2) is 4.79 Å². The number of hydrogen-bond acceptors (Lipinski definition) is 10. The summed E-state index contributed by atoms with van der Waals surface area (Å²) in [5.74, 6) is 0.418. The van der Waals surface area contributed by atoms with E-state index in [2.05, 4.69) is 10.3 Å². The number of esters is 1. The summed E-state index contributed by atoms with van der Waals surface area (Å²) in [6, 6.07) is 15.9. The highest BCUT2D eigenvalue weighted by Crippen LogP contribution is 2.45. The summed E-state index contributed by atoms with van der Waals surface area (Å²) < 4.78 is 22.8. The van der Waals surface area contributed by atoms with E-state index in [4.69, 9.17) is 18.9 Å². The Morgan fingerprint density at radius 1 is 0.955 bits per heavy atom. The Labute approximate surface area is 253 Å². The van der Waals surface area contributed by atoms with Crippen LogP contribution in [0.25, 0.3) is 11.1 Å². The average molecular weight is 599 g/mol. The first-order chi connectivity index (χ1) is 21.0. The second-order valence-electron chi connectivity index (χ2n) is 10.5. The molecule has 44 heavy (non-hydrogen) atoms. The van der Waals surface area contributed by atoms with Crippen LogP contribution in [0.3, 0.4) is 0 Å². The highest BCUT2D eigenvalue weighted by Gasteiger charge is 2.39. The highest BCUT2D eigenvalue weighted by atomic mass is 16.6. The molecular formula is C32H30N4O8. The Balaban J connectivity index is 1.59. The number of nitro groups is 1. The number of carbonyl (C=O) groups excluding carboxylic acids is 2. The van der Waals surface area contributed by atoms with E-state index in [1.807, 2.05) is 12.1 Å². The summed E-state index contributed by atoms with van der Waals surface area (Å²) in [5, 5.41) is 14.8. The third-order valence-electron chi connectivity index (χ3n) is 7.22. The predicted octanol–water partition coefficient (Wildman–Crippen LogP) is 5.64. The fourth-order valence-corrected chi connectivity index (χ4v) is 5.08. The molecule has 3 aromatic carbocycles. The standard InChI is InChI=1S/C32H30N4O8/c1-32(2)31(38)35(3)29-24(18-43-28-16-20(36(39)40)6-11-26(28)41-4)22(9-10-25(29)34-32)23-8-7-21(17-27(23)42-5)44-30(37)19-12-14-33-15-13-19/h6-17,34H,18H2,1-5H3. The second kappa shape index (κ2) is 11.9. The lowest BCUT2D eigenvalue weighted by atomic mass is 9.91. The number of likely N-dealkylation sites (N-methyl/N-ethyl adjacent to an activating group) is 1. The summed E-state index contributed by atoms with van der Waals surface area (Å²) in [4.78, 5) is 42.4. The number of nitrogens with zero attached hydrogens (tertiary/aromatic N) is 3. The number of anilines is 2. The van der Waals surface area contributed by atoms with Gasteiger partial charge in [-0.2, -0.15) is 0 Å². The molecule has 0 aliphatic carbocycles. The van der Waals surface area contributed by atoms with Crippen LogP contribution in [0, 0.1) is 10.1 Å². The van der Waals surface area contributed by atoms with Crippen LogP contribution in [-0.4, -0.2) is 48.6 Å². The van der Waals surface area contributed by atoms with Crippen LogP contribution in [0.5, 0.6) is 23.0 Å². The van der Waals surface area contributed by atoms with E-state index < -0.39 is 16.4 Å². The molecule has 1 aromatic heterocycles. The lowest BCUT2D eigenvalue weighted by Crippen LogP contribution is -2.52. The number of nitro benzene ring substituents is 1. The van der Waals surface area contributed by atoms with Crippen molar-refractivity contribution in [1.29, 1.82) is 0 Å². The van der Waals surface area contributed by atoms with Crippen molar-refractivity contribution < 1.29 is 33.5 Å². The van der Waals surface area contributed by atoms with Gasteiger partial charge in [-0.1, -0.05) is 6.07 Å². The number of pyridine rings is 1. The SMILES string of the molecule is COc1ccc([N+](=O)[O-])cc1OCc1c(-c2ccc(OC(=O)c3ccncc3)cc2OC)ccc2c1N(C)C(=O)C(C)(C)N2. The molecule has 1 aliphatic heterocycles. The van der Waals surface area contributed by atoms with Crippen molar-refractivity contribution in [1.82, 2.24) is 4.98 Å². The van der Waals surface area contributed by atoms with Crippen LogP contribution in [0.2, 0.25) is 0 Å². The van der Waals surface area contributed by atoms with E-state index in [0.717, 1.165) is 0 Å². The summed E-state index contributed by atoms with van der Waals surface area (Å²) >= 11 is 0. The third-order valence-corrected chi connectivity index (χ3v) is 7.22. The lowest BCUT2D eigenvalue weighted by Gasteiger charge is -2.39. The molecular weight excluding hydrogens is 568 g/mol. The maximum Gasteiger partial charge on any atom is 0.343 e. The largest absolute Gasteiger partial charge is 0.496 e. The van der Waals surface area contributed by atoms with Crippen molar-refractivity contribution in [3.8, 4) is 34.1 Å². The summed E-state index contributed by atoms with van der Waals surface area (Å²) in [6.07, 6.45) is 3.00. The van der Waals surface area contributed by atoms with Gasteiger partial charge in [0.1, 0.15) is 23.6 Å². The molecule has 5 rings (SSSR count). The lowest BCUT2D eigenvalue weighted by molar-refractivity contribution is -0.385. The molecule has 12 heteroatoms. The maximum atomic E-state index is 13.3. The summed E-state index contributed by atoms with van der Waals surface area (Å²) in [6.45, 7) is 3.50. The van der Waals surface area contributed by atoms with Crippen molar-refractivity contribution in [3.05, 3.63) is 94.3 Å². The minimum absolute atomic E-state index is 0.0856. The van der Waals surface area contributed by atoms with E-state index in [1.165, 1.54) is 44.8 Å². The van der Waals surface area contributed by atoms with Gasteiger partial charge in [-0.3, -0.25) is 19.9 Å². The topological polar surface area (TPSA) is 142 Å². The first kappa shape index (κ1) is 29.8. The molecule has 1 amide bonds. The van der Waals surface area contributed by atoms with Crippen LogP contribution >= 0.6 is 0 Å². The van der Waals surface area contributed by atoms with Gasteiger partial charge in [0.05, 0.1) is 42.1 Å². The van der Waals surface area contributed by atoms with Gasteiger partial charge in [0, 0.05) is 42.7 Å². The number of nitrogens with one attached hydrogen (secondary N) is 1. The monoisotopic (exact) mass is 598 g/mol. The summed E-state index contributed by atoms with van der Waals surface area (Å²) in [7, 11) is 4.62. The highest BCUT2D eigenvalue weighted by molar-refractivity contribution is 6.08. The molecule has 0 spiro atoms. The maximum absolute atomic E-state index is 13.3. The molecule has 1 aliphatic rings. The number of rotatable bonds is 9. The van der Waals surface area contributed by atoms with Crippen LogP contribution in [-0.2, 0) is 11.4 Å². The van der Waals surface area contributed by atoms with Gasteiger partial charge in [-0.15, -0.1) is 0 Å². The van der Waals surface area contributed by atoms with E-state index >= 15 is 0 Å². The Hall–Kier alpha value is -5.65. The van der Waals surface area contributed by atoms with Gasteiger partial charge in [-0.05, 0) is 55.8 Å². The Bertz CT molecular complexity index is 1760. The molecule has 0 atom stereocenters. The predicted molar refractivity (Wildman–Crippen MR) is 163 cm³/mol. The molecule has 12 nitrogen and oxygen atoms in total. The zero-order valence-electron chi connectivity index (χ0n) is 24.7. The second-order valence-corrected chi connectivity index (χ2v) is 10.5. The number of amides is 1. The molecule has 226 valence electrons. The van der Waals surface area contributed by atoms with Crippen LogP contribution in [0.15, 0.2) is 73.1 Å². The molecule has 0 bridgehead atoms. The van der Waals surface area contributed by atoms with Crippen molar-refractivity contribution in [2.45, 2.75) is 26.0 Å². The molecule has 1 N–H and O–H groups in total.